The summed E-state index contributed by atoms with van der Waals surface area (Å²) in [6, 6.07) is 11.4. The molecule has 0 saturated heterocycles. The molecular formula is C23H23N3O4S. The van der Waals surface area contributed by atoms with Gasteiger partial charge in [0.15, 0.2) is 6.10 Å². The second kappa shape index (κ2) is 8.85. The van der Waals surface area contributed by atoms with Crippen LogP contribution in [0.5, 0.6) is 5.75 Å². The number of carbonyl (C=O) groups is 2. The van der Waals surface area contributed by atoms with Gasteiger partial charge in [0.2, 0.25) is 0 Å². The second-order valence-corrected chi connectivity index (χ2v) is 8.33. The lowest BCUT2D eigenvalue weighted by Gasteiger charge is -2.33. The molecule has 0 fully saturated rings. The summed E-state index contributed by atoms with van der Waals surface area (Å²) in [5.41, 5.74) is 3.17. The first-order chi connectivity index (χ1) is 15.0. The van der Waals surface area contributed by atoms with Crippen molar-refractivity contribution in [2.45, 2.75) is 33.3 Å². The molecule has 0 saturated carbocycles. The van der Waals surface area contributed by atoms with Crippen LogP contribution in [-0.2, 0) is 14.3 Å². The number of hydrogen-bond donors (Lipinski definition) is 0. The van der Waals surface area contributed by atoms with Gasteiger partial charge in [0.05, 0.1) is 30.1 Å². The minimum atomic E-state index is -0.614. The van der Waals surface area contributed by atoms with Crippen molar-refractivity contribution in [2.75, 3.05) is 18.1 Å². The normalized spacial score (nSPS) is 15.4. The Labute approximate surface area is 184 Å². The van der Waals surface area contributed by atoms with Crippen molar-refractivity contribution in [3.05, 3.63) is 47.5 Å². The van der Waals surface area contributed by atoms with Gasteiger partial charge in [0, 0.05) is 23.2 Å². The molecule has 0 bridgehead atoms. The van der Waals surface area contributed by atoms with Gasteiger partial charge in [-0.25, -0.2) is 4.98 Å². The highest BCUT2D eigenvalue weighted by Gasteiger charge is 2.32. The molecule has 3 aromatic rings. The highest BCUT2D eigenvalue weighted by Crippen LogP contribution is 2.40. The van der Waals surface area contributed by atoms with Crippen molar-refractivity contribution in [3.8, 4) is 27.7 Å². The van der Waals surface area contributed by atoms with E-state index < -0.39 is 6.10 Å². The molecule has 1 unspecified atom stereocenters. The van der Waals surface area contributed by atoms with Gasteiger partial charge in [-0.3, -0.25) is 14.6 Å². The Balaban J connectivity index is 1.68. The zero-order valence-corrected chi connectivity index (χ0v) is 18.4. The first-order valence-corrected chi connectivity index (χ1v) is 11.0. The summed E-state index contributed by atoms with van der Waals surface area (Å²) in [4.78, 5) is 36.5. The van der Waals surface area contributed by atoms with Gasteiger partial charge in [-0.15, -0.1) is 11.3 Å². The summed E-state index contributed by atoms with van der Waals surface area (Å²) < 4.78 is 10.8. The molecule has 3 heterocycles. The fraction of sp³-hybridized carbons (Fsp3) is 0.304. The topological polar surface area (TPSA) is 81.6 Å². The van der Waals surface area contributed by atoms with Gasteiger partial charge in [0.25, 0.3) is 5.91 Å². The number of aryl methyl sites for hydroxylation is 1. The van der Waals surface area contributed by atoms with Crippen LogP contribution in [0.15, 0.2) is 42.6 Å². The van der Waals surface area contributed by atoms with Crippen LogP contribution in [0, 0.1) is 6.92 Å². The first-order valence-electron chi connectivity index (χ1n) is 10.1. The van der Waals surface area contributed by atoms with Crippen LogP contribution in [-0.4, -0.2) is 41.1 Å². The van der Waals surface area contributed by atoms with E-state index in [0.717, 1.165) is 26.8 Å². The van der Waals surface area contributed by atoms with Crippen LogP contribution in [0.2, 0.25) is 0 Å². The summed E-state index contributed by atoms with van der Waals surface area (Å²) >= 11 is 1.57. The summed E-state index contributed by atoms with van der Waals surface area (Å²) in [6.45, 7) is 6.03. The number of amides is 1. The van der Waals surface area contributed by atoms with Gasteiger partial charge >= 0.3 is 5.97 Å². The molecule has 31 heavy (non-hydrogen) atoms. The van der Waals surface area contributed by atoms with Crippen molar-refractivity contribution in [1.82, 2.24) is 9.97 Å². The highest BCUT2D eigenvalue weighted by atomic mass is 32.1. The summed E-state index contributed by atoms with van der Waals surface area (Å²) in [5.74, 6) is 0.0955. The molecule has 1 aromatic carbocycles. The molecule has 1 aliphatic heterocycles. The van der Waals surface area contributed by atoms with E-state index in [0.29, 0.717) is 18.0 Å². The molecule has 0 N–H and O–H groups in total. The molecule has 4 rings (SSSR count). The molecule has 8 heteroatoms. The zero-order chi connectivity index (χ0) is 22.0. The maximum absolute atomic E-state index is 12.8. The highest BCUT2D eigenvalue weighted by molar-refractivity contribution is 7.15. The van der Waals surface area contributed by atoms with E-state index in [-0.39, 0.29) is 24.8 Å². The fourth-order valence-corrected chi connectivity index (χ4v) is 4.40. The number of pyridine rings is 1. The second-order valence-electron chi connectivity index (χ2n) is 7.13. The average molecular weight is 438 g/mol. The Hall–Kier alpha value is -3.26. The van der Waals surface area contributed by atoms with E-state index >= 15 is 0 Å². The minimum Gasteiger partial charge on any atom is -0.479 e. The van der Waals surface area contributed by atoms with E-state index in [1.54, 1.807) is 36.3 Å². The number of benzene rings is 1. The van der Waals surface area contributed by atoms with E-state index in [1.807, 2.05) is 43.3 Å². The number of carbonyl (C=O) groups excluding carboxylic acids is 2. The molecule has 0 spiro atoms. The van der Waals surface area contributed by atoms with Gasteiger partial charge in [0.1, 0.15) is 10.8 Å². The van der Waals surface area contributed by atoms with Crippen LogP contribution in [0.4, 0.5) is 5.69 Å². The van der Waals surface area contributed by atoms with Gasteiger partial charge < -0.3 is 14.4 Å². The van der Waals surface area contributed by atoms with Crippen LogP contribution >= 0.6 is 11.3 Å². The Morgan fingerprint density at radius 2 is 2.13 bits per heavy atom. The third-order valence-electron chi connectivity index (χ3n) is 4.97. The van der Waals surface area contributed by atoms with E-state index in [1.165, 1.54) is 0 Å². The molecule has 0 radical (unpaired) electrons. The zero-order valence-electron chi connectivity index (χ0n) is 17.6. The smallest absolute Gasteiger partial charge is 0.307 e. The summed E-state index contributed by atoms with van der Waals surface area (Å²) in [5, 5.41) is 0.839. The van der Waals surface area contributed by atoms with E-state index in [2.05, 4.69) is 4.98 Å². The molecule has 160 valence electrons. The summed E-state index contributed by atoms with van der Waals surface area (Å²) in [6.07, 6.45) is 1.25. The number of esters is 1. The van der Waals surface area contributed by atoms with Crippen LogP contribution in [0.1, 0.15) is 25.1 Å². The fourth-order valence-electron chi connectivity index (χ4n) is 3.48. The number of nitrogens with zero attached hydrogens (tertiary/aromatic N) is 3. The maximum atomic E-state index is 12.8. The number of anilines is 1. The van der Waals surface area contributed by atoms with Gasteiger partial charge in [-0.2, -0.15) is 0 Å². The number of fused-ring (bicyclic) bond motifs is 1. The quantitative estimate of drug-likeness (QED) is 0.537. The Morgan fingerprint density at radius 3 is 2.87 bits per heavy atom. The average Bonchev–Trinajstić information content (AvgIpc) is 3.16. The lowest BCUT2D eigenvalue weighted by molar-refractivity contribution is -0.142. The lowest BCUT2D eigenvalue weighted by Crippen LogP contribution is -2.45. The lowest BCUT2D eigenvalue weighted by atomic mass is 10.1. The van der Waals surface area contributed by atoms with Crippen LogP contribution in [0.3, 0.4) is 0 Å². The largest absolute Gasteiger partial charge is 0.479 e. The van der Waals surface area contributed by atoms with Crippen molar-refractivity contribution in [3.63, 3.8) is 0 Å². The van der Waals surface area contributed by atoms with Crippen LogP contribution < -0.4 is 9.64 Å². The third-order valence-corrected chi connectivity index (χ3v) is 5.96. The summed E-state index contributed by atoms with van der Waals surface area (Å²) in [7, 11) is 0. The van der Waals surface area contributed by atoms with E-state index in [4.69, 9.17) is 14.5 Å². The molecule has 1 atom stereocenters. The van der Waals surface area contributed by atoms with Gasteiger partial charge in [-0.05, 0) is 51.1 Å². The van der Waals surface area contributed by atoms with Crippen molar-refractivity contribution in [1.29, 1.82) is 0 Å². The molecular weight excluding hydrogens is 414 g/mol. The molecule has 1 aliphatic rings. The standard InChI is InChI=1S/C23H23N3O4S/c1-4-29-20(27)10-12-26-18-13-16(8-9-19(18)30-14(2)23(26)28)21-15(3)31-22(25-21)17-7-5-6-11-24-17/h5-9,11,13-14H,4,10,12H2,1-3H3. The number of thiazole rings is 1. The monoisotopic (exact) mass is 437 g/mol. The SMILES string of the molecule is CCOC(=O)CCN1C(=O)C(C)Oc2ccc(-c3nc(-c4ccccn4)sc3C)cc21. The van der Waals surface area contributed by atoms with Crippen molar-refractivity contribution in [2.24, 2.45) is 0 Å². The predicted octanol–water partition coefficient (Wildman–Crippen LogP) is 4.25. The molecule has 2 aromatic heterocycles. The van der Waals surface area contributed by atoms with Crippen LogP contribution in [0.25, 0.3) is 22.0 Å². The predicted molar refractivity (Wildman–Crippen MR) is 119 cm³/mol. The Morgan fingerprint density at radius 1 is 1.29 bits per heavy atom. The third kappa shape index (κ3) is 4.29. The Kier molecular flexibility index (Phi) is 5.99. The van der Waals surface area contributed by atoms with Crippen molar-refractivity contribution < 1.29 is 19.1 Å². The van der Waals surface area contributed by atoms with Crippen molar-refractivity contribution >= 4 is 28.9 Å². The molecule has 7 nitrogen and oxygen atoms in total. The number of aromatic nitrogens is 2. The van der Waals surface area contributed by atoms with Gasteiger partial charge in [-0.1, -0.05) is 6.07 Å². The molecule has 1 amide bonds. The van der Waals surface area contributed by atoms with E-state index in [9.17, 15) is 9.59 Å². The number of rotatable bonds is 6. The number of ether oxygens (including phenoxy) is 2. The number of hydrogen-bond acceptors (Lipinski definition) is 7. The first kappa shape index (κ1) is 21.0. The Bertz CT molecular complexity index is 1110. The molecule has 0 aliphatic carbocycles. The maximum Gasteiger partial charge on any atom is 0.307 e. The minimum absolute atomic E-state index is 0.121.